The zero-order chi connectivity index (χ0) is 22.5. The van der Waals surface area contributed by atoms with Crippen LogP contribution in [0.3, 0.4) is 0 Å². The topological polar surface area (TPSA) is 68.8 Å². The van der Waals surface area contributed by atoms with Crippen molar-refractivity contribution in [2.75, 3.05) is 6.54 Å². The maximum Gasteiger partial charge on any atom is 0.419 e. The summed E-state index contributed by atoms with van der Waals surface area (Å²) in [6.45, 7) is 5.85. The highest BCUT2D eigenvalue weighted by Crippen LogP contribution is 2.34. The zero-order valence-corrected chi connectivity index (χ0v) is 17.1. The summed E-state index contributed by atoms with van der Waals surface area (Å²) in [4.78, 5) is 14.2. The van der Waals surface area contributed by atoms with E-state index in [0.29, 0.717) is 24.0 Å². The molecule has 1 atom stereocenters. The lowest BCUT2D eigenvalue weighted by atomic mass is 10.0. The van der Waals surface area contributed by atoms with Crippen LogP contribution in [0.5, 0.6) is 0 Å². The van der Waals surface area contributed by atoms with Gasteiger partial charge in [-0.3, -0.25) is 9.48 Å². The normalized spacial score (nSPS) is 16.6. The summed E-state index contributed by atoms with van der Waals surface area (Å²) in [6.07, 6.45) is -2.71. The fourth-order valence-electron chi connectivity index (χ4n) is 3.70. The molecule has 3 aromatic rings. The molecule has 31 heavy (non-hydrogen) atoms. The summed E-state index contributed by atoms with van der Waals surface area (Å²) in [5, 5.41) is 12.8. The van der Waals surface area contributed by atoms with E-state index in [-0.39, 0.29) is 12.6 Å². The van der Waals surface area contributed by atoms with Gasteiger partial charge in [0.2, 0.25) is 0 Å². The van der Waals surface area contributed by atoms with Crippen molar-refractivity contribution in [2.45, 2.75) is 45.5 Å². The number of halogens is 4. The summed E-state index contributed by atoms with van der Waals surface area (Å²) in [6, 6.07) is 4.08. The third-order valence-electron chi connectivity index (χ3n) is 5.38. The van der Waals surface area contributed by atoms with E-state index in [4.69, 9.17) is 0 Å². The van der Waals surface area contributed by atoms with E-state index >= 15 is 0 Å². The molecule has 1 aliphatic rings. The van der Waals surface area contributed by atoms with Crippen molar-refractivity contribution in [3.8, 4) is 5.82 Å². The molecule has 1 amide bonds. The smallest absolute Gasteiger partial charge is 0.330 e. The van der Waals surface area contributed by atoms with Crippen LogP contribution in [0.1, 0.15) is 60.2 Å². The Hall–Kier alpha value is -3.24. The number of amides is 1. The molecule has 164 valence electrons. The first kappa shape index (κ1) is 21.0. The van der Waals surface area contributed by atoms with Crippen molar-refractivity contribution in [1.29, 1.82) is 0 Å². The Morgan fingerprint density at radius 2 is 1.97 bits per heavy atom. The highest BCUT2D eigenvalue weighted by Gasteiger charge is 2.38. The standard InChI is InChI=1S/C20H20F4N6O/c1-11(2)29-10-8-16(26-29)30-15-7-9-28(12(3)18(15)25-27-30)19(31)13-5-4-6-14(17(13)21)20(22,23)24/h4-6,8,10-12H,7,9H2,1-3H3. The molecule has 1 aliphatic heterocycles. The Kier molecular flexibility index (Phi) is 5.06. The first-order valence-electron chi connectivity index (χ1n) is 9.76. The SMILES string of the molecule is CC1c2nnn(-c3ccn(C(C)C)n3)c2CCN1C(=O)c1cccc(C(F)(F)F)c1F. The maximum absolute atomic E-state index is 14.5. The molecule has 3 heterocycles. The number of hydrogen-bond acceptors (Lipinski definition) is 4. The summed E-state index contributed by atoms with van der Waals surface area (Å²) in [5.41, 5.74) is -0.815. The summed E-state index contributed by atoms with van der Waals surface area (Å²) in [7, 11) is 0. The average molecular weight is 436 g/mol. The van der Waals surface area contributed by atoms with Crippen LogP contribution in [0.15, 0.2) is 30.5 Å². The van der Waals surface area contributed by atoms with E-state index in [1.807, 2.05) is 20.0 Å². The Morgan fingerprint density at radius 1 is 1.23 bits per heavy atom. The molecule has 1 unspecified atom stereocenters. The van der Waals surface area contributed by atoms with E-state index < -0.39 is 35.1 Å². The Balaban J connectivity index is 1.64. The minimum absolute atomic E-state index is 0.169. The molecule has 0 radical (unpaired) electrons. The molecule has 11 heteroatoms. The number of rotatable bonds is 3. The predicted molar refractivity (Wildman–Crippen MR) is 102 cm³/mol. The second-order valence-electron chi connectivity index (χ2n) is 7.67. The second kappa shape index (κ2) is 7.47. The lowest BCUT2D eigenvalue weighted by Gasteiger charge is -2.32. The van der Waals surface area contributed by atoms with Gasteiger partial charge in [0.25, 0.3) is 5.91 Å². The number of hydrogen-bond donors (Lipinski definition) is 0. The van der Waals surface area contributed by atoms with Crippen LogP contribution in [0.25, 0.3) is 5.82 Å². The fraction of sp³-hybridized carbons (Fsp3) is 0.400. The molecule has 4 rings (SSSR count). The highest BCUT2D eigenvalue weighted by atomic mass is 19.4. The van der Waals surface area contributed by atoms with Crippen molar-refractivity contribution in [3.63, 3.8) is 0 Å². The molecule has 0 N–H and O–H groups in total. The third-order valence-corrected chi connectivity index (χ3v) is 5.38. The summed E-state index contributed by atoms with van der Waals surface area (Å²) >= 11 is 0. The molecule has 0 spiro atoms. The van der Waals surface area contributed by atoms with Crippen molar-refractivity contribution in [1.82, 2.24) is 29.7 Å². The molecule has 0 saturated carbocycles. The quantitative estimate of drug-likeness (QED) is 0.583. The average Bonchev–Trinajstić information content (AvgIpc) is 3.34. The molecule has 0 fully saturated rings. The van der Waals surface area contributed by atoms with Gasteiger partial charge in [0.1, 0.15) is 11.5 Å². The molecule has 2 aromatic heterocycles. The molecular formula is C20H20F4N6O. The third kappa shape index (κ3) is 3.57. The summed E-state index contributed by atoms with van der Waals surface area (Å²) < 4.78 is 56.9. The van der Waals surface area contributed by atoms with Gasteiger partial charge >= 0.3 is 6.18 Å². The van der Waals surface area contributed by atoms with Gasteiger partial charge < -0.3 is 4.90 Å². The Morgan fingerprint density at radius 3 is 2.61 bits per heavy atom. The molecule has 0 saturated heterocycles. The highest BCUT2D eigenvalue weighted by molar-refractivity contribution is 5.95. The predicted octanol–water partition coefficient (Wildman–Crippen LogP) is 3.96. The number of benzene rings is 1. The first-order chi connectivity index (χ1) is 14.6. The van der Waals surface area contributed by atoms with E-state index in [9.17, 15) is 22.4 Å². The van der Waals surface area contributed by atoms with E-state index in [1.165, 1.54) is 4.90 Å². The monoisotopic (exact) mass is 436 g/mol. The van der Waals surface area contributed by atoms with Gasteiger partial charge in [-0.2, -0.15) is 23.0 Å². The van der Waals surface area contributed by atoms with Gasteiger partial charge in [-0.15, -0.1) is 5.10 Å². The number of carbonyl (C=O) groups excluding carboxylic acids is 1. The second-order valence-corrected chi connectivity index (χ2v) is 7.67. The van der Waals surface area contributed by atoms with Crippen LogP contribution in [0.4, 0.5) is 17.6 Å². The number of carbonyl (C=O) groups is 1. The van der Waals surface area contributed by atoms with Gasteiger partial charge in [0.15, 0.2) is 5.82 Å². The van der Waals surface area contributed by atoms with Crippen LogP contribution in [-0.2, 0) is 12.6 Å². The van der Waals surface area contributed by atoms with Crippen LogP contribution >= 0.6 is 0 Å². The lowest BCUT2D eigenvalue weighted by Crippen LogP contribution is -2.40. The van der Waals surface area contributed by atoms with Crippen LogP contribution in [0.2, 0.25) is 0 Å². The van der Waals surface area contributed by atoms with Gasteiger partial charge in [-0.25, -0.2) is 4.39 Å². The fourth-order valence-corrected chi connectivity index (χ4v) is 3.70. The van der Waals surface area contributed by atoms with E-state index in [0.717, 1.165) is 17.8 Å². The van der Waals surface area contributed by atoms with Crippen LogP contribution in [0, 0.1) is 5.82 Å². The molecule has 0 bridgehead atoms. The molecular weight excluding hydrogens is 416 g/mol. The Bertz CT molecular complexity index is 1130. The van der Waals surface area contributed by atoms with Crippen molar-refractivity contribution in [3.05, 3.63) is 58.8 Å². The maximum atomic E-state index is 14.5. The molecule has 1 aromatic carbocycles. The van der Waals surface area contributed by atoms with Crippen molar-refractivity contribution >= 4 is 5.91 Å². The zero-order valence-electron chi connectivity index (χ0n) is 17.1. The van der Waals surface area contributed by atoms with Crippen molar-refractivity contribution < 1.29 is 22.4 Å². The van der Waals surface area contributed by atoms with Gasteiger partial charge in [0, 0.05) is 31.3 Å². The number of fused-ring (bicyclic) bond motifs is 1. The molecule has 0 aliphatic carbocycles. The van der Waals surface area contributed by atoms with E-state index in [1.54, 1.807) is 22.4 Å². The lowest BCUT2D eigenvalue weighted by molar-refractivity contribution is -0.140. The van der Waals surface area contributed by atoms with E-state index in [2.05, 4.69) is 15.4 Å². The van der Waals surface area contributed by atoms with Crippen molar-refractivity contribution in [2.24, 2.45) is 0 Å². The first-order valence-corrected chi connectivity index (χ1v) is 9.76. The molecule has 7 nitrogen and oxygen atoms in total. The van der Waals surface area contributed by atoms with Gasteiger partial charge in [-0.1, -0.05) is 11.3 Å². The number of alkyl halides is 3. The van der Waals surface area contributed by atoms with Crippen LogP contribution < -0.4 is 0 Å². The number of nitrogens with zero attached hydrogens (tertiary/aromatic N) is 6. The van der Waals surface area contributed by atoms with Crippen LogP contribution in [-0.4, -0.2) is 42.1 Å². The summed E-state index contributed by atoms with van der Waals surface area (Å²) in [5.74, 6) is -1.81. The van der Waals surface area contributed by atoms with Gasteiger partial charge in [-0.05, 0) is 32.9 Å². The number of aromatic nitrogens is 5. The minimum atomic E-state index is -4.89. The largest absolute Gasteiger partial charge is 0.419 e. The van der Waals surface area contributed by atoms with Gasteiger partial charge in [0.05, 0.1) is 22.9 Å². The Labute approximate surface area is 175 Å². The minimum Gasteiger partial charge on any atom is -0.330 e.